The van der Waals surface area contributed by atoms with Crippen LogP contribution in [0.2, 0.25) is 0 Å². The average Bonchev–Trinajstić information content (AvgIpc) is 2.44. The number of anilines is 2. The molecule has 2 rings (SSSR count). The van der Waals surface area contributed by atoms with Gasteiger partial charge in [-0.1, -0.05) is 6.07 Å². The Morgan fingerprint density at radius 2 is 2.10 bits per heavy atom. The molecule has 1 aromatic heterocycles. The molecule has 6 heteroatoms. The van der Waals surface area contributed by atoms with Crippen molar-refractivity contribution in [3.05, 3.63) is 53.6 Å². The number of aryl methyl sites for hydroxylation is 1. The van der Waals surface area contributed by atoms with Gasteiger partial charge in [0.1, 0.15) is 6.07 Å². The van der Waals surface area contributed by atoms with Gasteiger partial charge in [0.25, 0.3) is 0 Å². The van der Waals surface area contributed by atoms with Gasteiger partial charge in [-0.3, -0.25) is 4.98 Å². The fourth-order valence-electron chi connectivity index (χ4n) is 1.54. The van der Waals surface area contributed by atoms with Gasteiger partial charge in [0.15, 0.2) is 5.82 Å². The third-order valence-electron chi connectivity index (χ3n) is 2.54. The summed E-state index contributed by atoms with van der Waals surface area (Å²) in [6, 6.07) is 8.73. The van der Waals surface area contributed by atoms with E-state index < -0.39 is 11.8 Å². The number of aromatic nitrogens is 1. The van der Waals surface area contributed by atoms with E-state index in [0.29, 0.717) is 5.69 Å². The zero-order valence-electron chi connectivity index (χ0n) is 10.6. The highest BCUT2D eigenvalue weighted by Crippen LogP contribution is 2.17. The Morgan fingerprint density at radius 1 is 1.30 bits per heavy atom. The number of rotatable bonds is 2. The first kappa shape index (κ1) is 13.5. The van der Waals surface area contributed by atoms with Crippen LogP contribution in [0.15, 0.2) is 36.5 Å². The highest BCUT2D eigenvalue weighted by atomic mass is 19.1. The Labute approximate surface area is 115 Å². The molecule has 1 aromatic carbocycles. The molecule has 2 N–H and O–H groups in total. The summed E-state index contributed by atoms with van der Waals surface area (Å²) in [7, 11) is 0. The topological polar surface area (TPSA) is 77.8 Å². The molecular formula is C14H11FN4O. The smallest absolute Gasteiger partial charge is 0.306 e. The predicted octanol–water partition coefficient (Wildman–Crippen LogP) is 3.04. The van der Waals surface area contributed by atoms with E-state index in [1.54, 1.807) is 18.2 Å². The number of nitrogens with zero attached hydrogens (tertiary/aromatic N) is 2. The van der Waals surface area contributed by atoms with Crippen molar-refractivity contribution in [2.75, 3.05) is 10.6 Å². The highest BCUT2D eigenvalue weighted by molar-refractivity contribution is 5.99. The molecule has 0 saturated heterocycles. The largest absolute Gasteiger partial charge is 0.323 e. The van der Waals surface area contributed by atoms with E-state index in [9.17, 15) is 9.18 Å². The number of hydrogen-bond donors (Lipinski definition) is 2. The normalized spacial score (nSPS) is 9.65. The van der Waals surface area contributed by atoms with Gasteiger partial charge in [0.05, 0.1) is 23.1 Å². The Balaban J connectivity index is 2.09. The van der Waals surface area contributed by atoms with E-state index in [0.717, 1.165) is 5.69 Å². The van der Waals surface area contributed by atoms with Gasteiger partial charge in [-0.25, -0.2) is 9.18 Å². The number of pyridine rings is 1. The molecule has 0 unspecified atom stereocenters. The van der Waals surface area contributed by atoms with Gasteiger partial charge >= 0.3 is 6.03 Å². The van der Waals surface area contributed by atoms with Gasteiger partial charge in [-0.15, -0.1) is 0 Å². The Morgan fingerprint density at radius 3 is 2.75 bits per heavy atom. The third kappa shape index (κ3) is 3.09. The summed E-state index contributed by atoms with van der Waals surface area (Å²) in [5.41, 5.74) is 1.13. The number of urea groups is 1. The van der Waals surface area contributed by atoms with Crippen LogP contribution >= 0.6 is 0 Å². The quantitative estimate of drug-likeness (QED) is 0.880. The van der Waals surface area contributed by atoms with E-state index in [4.69, 9.17) is 5.26 Å². The van der Waals surface area contributed by atoms with Crippen LogP contribution in [0.25, 0.3) is 0 Å². The number of nitrogens with one attached hydrogen (secondary N) is 2. The van der Waals surface area contributed by atoms with Crippen molar-refractivity contribution in [1.82, 2.24) is 4.98 Å². The number of benzene rings is 1. The minimum absolute atomic E-state index is 0.0541. The highest BCUT2D eigenvalue weighted by Gasteiger charge is 2.10. The van der Waals surface area contributed by atoms with Crippen molar-refractivity contribution in [3.63, 3.8) is 0 Å². The minimum atomic E-state index is -0.757. The van der Waals surface area contributed by atoms with Crippen LogP contribution in [0.3, 0.4) is 0 Å². The van der Waals surface area contributed by atoms with Gasteiger partial charge in [-0.2, -0.15) is 5.26 Å². The summed E-state index contributed by atoms with van der Waals surface area (Å²) < 4.78 is 13.7. The Bertz CT molecular complexity index is 677. The zero-order valence-corrected chi connectivity index (χ0v) is 10.6. The first-order valence-electron chi connectivity index (χ1n) is 5.79. The summed E-state index contributed by atoms with van der Waals surface area (Å²) in [5.74, 6) is -0.757. The van der Waals surface area contributed by atoms with Gasteiger partial charge in [0.2, 0.25) is 0 Å². The maximum absolute atomic E-state index is 13.7. The first-order valence-corrected chi connectivity index (χ1v) is 5.79. The lowest BCUT2D eigenvalue weighted by Gasteiger charge is -2.08. The fraction of sp³-hybridized carbons (Fsp3) is 0.0714. The van der Waals surface area contributed by atoms with E-state index in [-0.39, 0.29) is 11.3 Å². The first-order chi connectivity index (χ1) is 9.60. The standard InChI is InChI=1S/C14H11FN4O/c1-9-5-6-11(8-17-9)18-14(20)19-12-4-2-3-10(7-16)13(12)15/h2-6,8H,1H3,(H2,18,19,20). The summed E-state index contributed by atoms with van der Waals surface area (Å²) in [5, 5.41) is 13.6. The van der Waals surface area contributed by atoms with Crippen LogP contribution in [0, 0.1) is 24.1 Å². The van der Waals surface area contributed by atoms with Crippen LogP contribution in [0.5, 0.6) is 0 Å². The maximum Gasteiger partial charge on any atom is 0.323 e. The molecule has 0 bridgehead atoms. The molecule has 20 heavy (non-hydrogen) atoms. The number of nitriles is 1. The molecule has 5 nitrogen and oxygen atoms in total. The molecule has 2 aromatic rings. The zero-order chi connectivity index (χ0) is 14.5. The molecular weight excluding hydrogens is 259 g/mol. The third-order valence-corrected chi connectivity index (χ3v) is 2.54. The van der Waals surface area contributed by atoms with Crippen LogP contribution in [0.1, 0.15) is 11.3 Å². The SMILES string of the molecule is Cc1ccc(NC(=O)Nc2cccc(C#N)c2F)cn1. The summed E-state index contributed by atoms with van der Waals surface area (Å²) in [6.07, 6.45) is 1.50. The fourth-order valence-corrected chi connectivity index (χ4v) is 1.54. The number of carbonyl (C=O) groups excluding carboxylic acids is 1. The van der Waals surface area contributed by atoms with Gasteiger partial charge < -0.3 is 10.6 Å². The molecule has 0 aliphatic heterocycles. The molecule has 0 spiro atoms. The molecule has 0 aliphatic rings. The van der Waals surface area contributed by atoms with Crippen LogP contribution in [-0.4, -0.2) is 11.0 Å². The predicted molar refractivity (Wildman–Crippen MR) is 72.7 cm³/mol. The summed E-state index contributed by atoms with van der Waals surface area (Å²) in [6.45, 7) is 1.83. The van der Waals surface area contributed by atoms with Crippen molar-refractivity contribution in [1.29, 1.82) is 5.26 Å². The van der Waals surface area contributed by atoms with Gasteiger partial charge in [0, 0.05) is 5.69 Å². The monoisotopic (exact) mass is 270 g/mol. The molecule has 1 heterocycles. The second-order valence-corrected chi connectivity index (χ2v) is 4.05. The second kappa shape index (κ2) is 5.80. The van der Waals surface area contributed by atoms with Crippen LogP contribution in [0.4, 0.5) is 20.6 Å². The van der Waals surface area contributed by atoms with Crippen molar-refractivity contribution in [3.8, 4) is 6.07 Å². The second-order valence-electron chi connectivity index (χ2n) is 4.05. The summed E-state index contributed by atoms with van der Waals surface area (Å²) in [4.78, 5) is 15.7. The number of amides is 2. The van der Waals surface area contributed by atoms with E-state index in [1.807, 2.05) is 6.92 Å². The number of carbonyl (C=O) groups is 1. The van der Waals surface area contributed by atoms with Crippen molar-refractivity contribution < 1.29 is 9.18 Å². The van der Waals surface area contributed by atoms with Gasteiger partial charge in [-0.05, 0) is 31.2 Å². The van der Waals surface area contributed by atoms with Crippen LogP contribution < -0.4 is 10.6 Å². The number of hydrogen-bond acceptors (Lipinski definition) is 3. The maximum atomic E-state index is 13.7. The van der Waals surface area contributed by atoms with E-state index in [2.05, 4.69) is 15.6 Å². The van der Waals surface area contributed by atoms with E-state index in [1.165, 1.54) is 24.4 Å². The van der Waals surface area contributed by atoms with Crippen molar-refractivity contribution in [2.45, 2.75) is 6.92 Å². The minimum Gasteiger partial charge on any atom is -0.306 e. The molecule has 0 atom stereocenters. The molecule has 2 amide bonds. The lowest BCUT2D eigenvalue weighted by molar-refractivity contribution is 0.262. The average molecular weight is 270 g/mol. The van der Waals surface area contributed by atoms with E-state index >= 15 is 0 Å². The Kier molecular flexibility index (Phi) is 3.91. The summed E-state index contributed by atoms with van der Waals surface area (Å²) >= 11 is 0. The Hall–Kier alpha value is -2.94. The molecule has 0 radical (unpaired) electrons. The molecule has 100 valence electrons. The number of halogens is 1. The van der Waals surface area contributed by atoms with Crippen molar-refractivity contribution in [2.24, 2.45) is 0 Å². The molecule has 0 fully saturated rings. The lowest BCUT2D eigenvalue weighted by atomic mass is 10.2. The molecule has 0 saturated carbocycles. The molecule has 0 aliphatic carbocycles. The lowest BCUT2D eigenvalue weighted by Crippen LogP contribution is -2.20. The van der Waals surface area contributed by atoms with Crippen molar-refractivity contribution >= 4 is 17.4 Å². The van der Waals surface area contributed by atoms with Crippen LogP contribution in [-0.2, 0) is 0 Å².